The highest BCUT2D eigenvalue weighted by Gasteiger charge is 2.53. The molecule has 0 fully saturated rings. The van der Waals surface area contributed by atoms with Gasteiger partial charge < -0.3 is 10.2 Å². The number of oxazole rings is 1. The molecule has 0 aliphatic rings. The van der Waals surface area contributed by atoms with Gasteiger partial charge in [-0.1, -0.05) is 86.1 Å². The quantitative estimate of drug-likeness (QED) is 0.213. The van der Waals surface area contributed by atoms with Gasteiger partial charge >= 0.3 is 0 Å². The first kappa shape index (κ1) is 30.1. The Hall–Kier alpha value is -3.83. The lowest BCUT2D eigenvalue weighted by atomic mass is 9.73. The van der Waals surface area contributed by atoms with Gasteiger partial charge in [-0.25, -0.2) is 21.8 Å². The van der Waals surface area contributed by atoms with Gasteiger partial charge in [0, 0.05) is 5.92 Å². The van der Waals surface area contributed by atoms with Crippen molar-refractivity contribution < 1.29 is 30.8 Å². The molecule has 0 unspecified atom stereocenters. The van der Waals surface area contributed by atoms with Crippen molar-refractivity contribution in [2.45, 2.75) is 31.3 Å². The summed E-state index contributed by atoms with van der Waals surface area (Å²) in [5.41, 5.74) is 5.27. The molecule has 9 nitrogen and oxygen atoms in total. The maximum atomic E-state index is 14.0. The summed E-state index contributed by atoms with van der Waals surface area (Å²) < 4.78 is 60.2. The Morgan fingerprint density at radius 2 is 1.29 bits per heavy atom. The Balaban J connectivity index is 1.83. The molecule has 0 spiro atoms. The summed E-state index contributed by atoms with van der Waals surface area (Å²) in [7, 11) is -8.31. The molecule has 1 amide bonds. The molecule has 1 aromatic heterocycles. The minimum atomic E-state index is -4.15. The SMILES string of the molecule is CCC[C@H](C(=O)c1nc2ccccc2o1)C(CS(=O)(=O)Cc1ccccc1)(CS(=O)(=O)Cc1ccccc1)C(N)=O. The number of fused-ring (bicyclic) bond motifs is 1. The van der Waals surface area contributed by atoms with Crippen LogP contribution in [0.25, 0.3) is 11.1 Å². The van der Waals surface area contributed by atoms with Crippen LogP contribution in [0.5, 0.6) is 0 Å². The number of sulfone groups is 2. The standard InChI is InChI=1S/C30H32N2O7S2/c1-2-11-24(27(33)28-32-25-16-9-10-17-26(25)39-28)30(29(31)34,20-40(35,36)18-22-12-5-3-6-13-22)21-41(37,38)19-23-14-7-4-8-15-23/h3-10,12-17,24H,2,11,18-21H2,1H3,(H2,31,34)/t24-/m1/s1. The number of amides is 1. The second kappa shape index (κ2) is 12.4. The predicted molar refractivity (Wildman–Crippen MR) is 156 cm³/mol. The summed E-state index contributed by atoms with van der Waals surface area (Å²) in [4.78, 5) is 31.6. The molecule has 0 aliphatic carbocycles. The summed E-state index contributed by atoms with van der Waals surface area (Å²) in [5.74, 6) is -6.51. The van der Waals surface area contributed by atoms with Crippen molar-refractivity contribution in [2.75, 3.05) is 11.5 Å². The molecule has 0 bridgehead atoms. The Labute approximate surface area is 239 Å². The van der Waals surface area contributed by atoms with Crippen LogP contribution < -0.4 is 5.73 Å². The summed E-state index contributed by atoms with van der Waals surface area (Å²) in [6, 6.07) is 23.3. The van der Waals surface area contributed by atoms with Gasteiger partial charge in [0.15, 0.2) is 25.3 Å². The maximum Gasteiger partial charge on any atom is 0.264 e. The van der Waals surface area contributed by atoms with E-state index in [1.165, 1.54) is 0 Å². The molecule has 2 N–H and O–H groups in total. The summed E-state index contributed by atoms with van der Waals surface area (Å²) in [6.07, 6.45) is 0.325. The van der Waals surface area contributed by atoms with E-state index in [4.69, 9.17) is 10.2 Å². The van der Waals surface area contributed by atoms with Crippen molar-refractivity contribution in [1.29, 1.82) is 0 Å². The lowest BCUT2D eigenvalue weighted by molar-refractivity contribution is -0.127. The van der Waals surface area contributed by atoms with E-state index < -0.39 is 65.7 Å². The van der Waals surface area contributed by atoms with Crippen molar-refractivity contribution in [1.82, 2.24) is 4.98 Å². The van der Waals surface area contributed by atoms with Gasteiger partial charge in [0.1, 0.15) is 5.52 Å². The number of rotatable bonds is 14. The van der Waals surface area contributed by atoms with Crippen LogP contribution in [0.15, 0.2) is 89.3 Å². The summed E-state index contributed by atoms with van der Waals surface area (Å²) >= 11 is 0. The van der Waals surface area contributed by atoms with Crippen LogP contribution in [-0.4, -0.2) is 45.0 Å². The molecule has 216 valence electrons. The minimum absolute atomic E-state index is 0.0117. The number of benzene rings is 3. The molecule has 1 atom stereocenters. The average Bonchev–Trinajstić information content (AvgIpc) is 3.35. The highest BCUT2D eigenvalue weighted by Crippen LogP contribution is 2.39. The Morgan fingerprint density at radius 3 is 1.76 bits per heavy atom. The number of nitrogens with two attached hydrogens (primary N) is 1. The first-order valence-corrected chi connectivity index (χ1v) is 16.8. The zero-order chi connectivity index (χ0) is 29.7. The number of hydrogen-bond donors (Lipinski definition) is 1. The molecule has 3 aromatic carbocycles. The van der Waals surface area contributed by atoms with E-state index >= 15 is 0 Å². The summed E-state index contributed by atoms with van der Waals surface area (Å²) in [5, 5.41) is 0. The zero-order valence-electron chi connectivity index (χ0n) is 22.6. The van der Waals surface area contributed by atoms with Crippen molar-refractivity contribution >= 4 is 42.5 Å². The van der Waals surface area contributed by atoms with Crippen LogP contribution in [0.1, 0.15) is 41.6 Å². The minimum Gasteiger partial charge on any atom is -0.434 e. The van der Waals surface area contributed by atoms with E-state index in [9.17, 15) is 26.4 Å². The van der Waals surface area contributed by atoms with Gasteiger partial charge in [-0.05, 0) is 29.7 Å². The van der Waals surface area contributed by atoms with Crippen molar-refractivity contribution in [3.05, 3.63) is 102 Å². The predicted octanol–water partition coefficient (Wildman–Crippen LogP) is 4.13. The van der Waals surface area contributed by atoms with Crippen LogP contribution in [0.4, 0.5) is 0 Å². The van der Waals surface area contributed by atoms with Gasteiger partial charge in [0.25, 0.3) is 5.89 Å². The van der Waals surface area contributed by atoms with Gasteiger partial charge in [0.05, 0.1) is 28.4 Å². The third-order valence-corrected chi connectivity index (χ3v) is 10.4. The molecule has 0 aliphatic heterocycles. The van der Waals surface area contributed by atoms with Gasteiger partial charge in [0.2, 0.25) is 11.7 Å². The van der Waals surface area contributed by atoms with Crippen molar-refractivity contribution in [3.63, 3.8) is 0 Å². The third kappa shape index (κ3) is 7.28. The topological polar surface area (TPSA) is 154 Å². The molecule has 11 heteroatoms. The number of Topliss-reactive ketones (excluding diaryl/α,β-unsaturated/α-hetero) is 1. The van der Waals surface area contributed by atoms with Crippen LogP contribution in [0, 0.1) is 11.3 Å². The molecule has 4 aromatic rings. The largest absolute Gasteiger partial charge is 0.434 e. The number of nitrogens with zero attached hydrogens (tertiary/aromatic N) is 1. The van der Waals surface area contributed by atoms with Gasteiger partial charge in [-0.15, -0.1) is 0 Å². The fourth-order valence-electron chi connectivity index (χ4n) is 5.17. The smallest absolute Gasteiger partial charge is 0.264 e. The van der Waals surface area contributed by atoms with E-state index in [1.807, 2.05) is 0 Å². The van der Waals surface area contributed by atoms with Crippen molar-refractivity contribution in [2.24, 2.45) is 17.1 Å². The molecular weight excluding hydrogens is 564 g/mol. The van der Waals surface area contributed by atoms with Crippen molar-refractivity contribution in [3.8, 4) is 0 Å². The fourth-order valence-corrected chi connectivity index (χ4v) is 9.37. The lowest BCUT2D eigenvalue weighted by Gasteiger charge is -2.36. The fraction of sp³-hybridized carbons (Fsp3) is 0.300. The molecule has 0 saturated heterocycles. The number of para-hydroxylation sites is 2. The van der Waals surface area contributed by atoms with Gasteiger partial charge in [-0.3, -0.25) is 9.59 Å². The molecule has 0 radical (unpaired) electrons. The van der Waals surface area contributed by atoms with Gasteiger partial charge in [-0.2, -0.15) is 0 Å². The number of carbonyl (C=O) groups is 2. The van der Waals surface area contributed by atoms with E-state index in [-0.39, 0.29) is 12.3 Å². The number of carbonyl (C=O) groups excluding carboxylic acids is 2. The molecular formula is C30H32N2O7S2. The van der Waals surface area contributed by atoms with E-state index in [2.05, 4.69) is 4.98 Å². The molecule has 4 rings (SSSR count). The van der Waals surface area contributed by atoms with Crippen LogP contribution >= 0.6 is 0 Å². The maximum absolute atomic E-state index is 14.0. The van der Waals surface area contributed by atoms with Crippen LogP contribution in [0.2, 0.25) is 0 Å². The number of primary amides is 1. The average molecular weight is 597 g/mol. The first-order valence-electron chi connectivity index (χ1n) is 13.1. The van der Waals surface area contributed by atoms with E-state index in [0.29, 0.717) is 28.6 Å². The second-order valence-corrected chi connectivity index (χ2v) is 14.4. The Kier molecular flexibility index (Phi) is 9.08. The number of hydrogen-bond acceptors (Lipinski definition) is 8. The molecule has 41 heavy (non-hydrogen) atoms. The Bertz CT molecular complexity index is 1630. The monoisotopic (exact) mass is 596 g/mol. The first-order chi connectivity index (χ1) is 19.4. The van der Waals surface area contributed by atoms with Crippen LogP contribution in [-0.2, 0) is 36.0 Å². The number of aromatic nitrogens is 1. The summed E-state index contributed by atoms with van der Waals surface area (Å²) in [6.45, 7) is 1.75. The lowest BCUT2D eigenvalue weighted by Crippen LogP contribution is -2.55. The highest BCUT2D eigenvalue weighted by molar-refractivity contribution is 7.91. The highest BCUT2D eigenvalue weighted by atomic mass is 32.2. The zero-order valence-corrected chi connectivity index (χ0v) is 24.2. The van der Waals surface area contributed by atoms with E-state index in [0.717, 1.165) is 0 Å². The Morgan fingerprint density at radius 1 is 0.805 bits per heavy atom. The molecule has 1 heterocycles. The van der Waals surface area contributed by atoms with E-state index in [1.54, 1.807) is 91.9 Å². The molecule has 0 saturated carbocycles. The second-order valence-electron chi connectivity index (χ2n) is 10.2. The van der Waals surface area contributed by atoms with Crippen LogP contribution in [0.3, 0.4) is 0 Å². The third-order valence-electron chi connectivity index (χ3n) is 6.97. The number of ketones is 1. The normalized spacial score (nSPS) is 13.2.